The van der Waals surface area contributed by atoms with Crippen LogP contribution >= 0.6 is 11.8 Å². The molecule has 29 heavy (non-hydrogen) atoms. The van der Waals surface area contributed by atoms with E-state index in [1.165, 1.54) is 18.7 Å². The Morgan fingerprint density at radius 3 is 2.48 bits per heavy atom. The minimum absolute atomic E-state index is 0.117. The lowest BCUT2D eigenvalue weighted by Gasteiger charge is -2.11. The molecular weight excluding hydrogens is 390 g/mol. The highest BCUT2D eigenvalue weighted by Gasteiger charge is 2.21. The van der Waals surface area contributed by atoms with Gasteiger partial charge in [0.1, 0.15) is 0 Å². The van der Waals surface area contributed by atoms with E-state index in [4.69, 9.17) is 0 Å². The van der Waals surface area contributed by atoms with Crippen LogP contribution in [-0.4, -0.2) is 46.3 Å². The zero-order valence-corrected chi connectivity index (χ0v) is 16.5. The van der Waals surface area contributed by atoms with Gasteiger partial charge in [-0.15, -0.1) is 10.2 Å². The number of hydrogen-bond donors (Lipinski definition) is 1. The maximum atomic E-state index is 11.3. The van der Waals surface area contributed by atoms with Crippen LogP contribution in [0.4, 0.5) is 5.69 Å². The van der Waals surface area contributed by atoms with E-state index in [1.54, 1.807) is 21.5 Å². The minimum atomic E-state index is -0.144. The number of nitrogens with one attached hydrogen (secondary N) is 1. The van der Waals surface area contributed by atoms with Gasteiger partial charge in [0, 0.05) is 12.6 Å². The predicted molar refractivity (Wildman–Crippen MR) is 107 cm³/mol. The number of thioether (sulfide) groups is 1. The molecule has 2 aromatic carbocycles. The van der Waals surface area contributed by atoms with Crippen molar-refractivity contribution >= 4 is 23.4 Å². The third-order valence-electron chi connectivity index (χ3n) is 3.99. The van der Waals surface area contributed by atoms with Gasteiger partial charge in [0.05, 0.1) is 16.6 Å². The monoisotopic (exact) mass is 407 g/mol. The van der Waals surface area contributed by atoms with E-state index in [2.05, 4.69) is 36.4 Å². The van der Waals surface area contributed by atoms with Crippen molar-refractivity contribution in [3.63, 3.8) is 0 Å². The van der Waals surface area contributed by atoms with Crippen LogP contribution in [0.2, 0.25) is 0 Å². The normalized spacial score (nSPS) is 11.9. The molecule has 4 aromatic rings. The minimum Gasteiger partial charge on any atom is -0.326 e. The average Bonchev–Trinajstić information content (AvgIpc) is 3.38. The van der Waals surface area contributed by atoms with Crippen molar-refractivity contribution in [3.05, 3.63) is 60.4 Å². The lowest BCUT2D eigenvalue weighted by atomic mass is 10.3. The van der Waals surface area contributed by atoms with Gasteiger partial charge < -0.3 is 5.32 Å². The second kappa shape index (κ2) is 8.19. The highest BCUT2D eigenvalue weighted by Crippen LogP contribution is 2.33. The van der Waals surface area contributed by atoms with E-state index in [0.717, 1.165) is 11.4 Å². The summed E-state index contributed by atoms with van der Waals surface area (Å²) in [6.07, 6.45) is 0. The first-order chi connectivity index (χ1) is 14.1. The number of carbonyl (C=O) groups is 1. The van der Waals surface area contributed by atoms with Crippen molar-refractivity contribution in [1.82, 2.24) is 40.4 Å². The van der Waals surface area contributed by atoms with Gasteiger partial charge in [0.2, 0.25) is 11.1 Å². The molecule has 1 amide bonds. The molecule has 1 N–H and O–H groups in total. The van der Waals surface area contributed by atoms with Crippen molar-refractivity contribution in [3.8, 4) is 11.4 Å². The Bertz CT molecular complexity index is 1130. The van der Waals surface area contributed by atoms with Crippen LogP contribution in [-0.2, 0) is 4.79 Å². The van der Waals surface area contributed by atoms with Gasteiger partial charge in [0.15, 0.2) is 5.82 Å². The molecule has 0 unspecified atom stereocenters. The molecule has 10 nitrogen and oxygen atoms in total. The van der Waals surface area contributed by atoms with E-state index >= 15 is 0 Å². The SMILES string of the molecule is CC(=O)Nc1cccc(-n2nnnc2S[C@@H](C)c2nnnn2-c2ccccc2)c1. The number of tetrazole rings is 2. The van der Waals surface area contributed by atoms with E-state index in [1.807, 2.05) is 49.4 Å². The highest BCUT2D eigenvalue weighted by atomic mass is 32.2. The molecule has 146 valence electrons. The molecule has 4 rings (SSSR count). The molecule has 0 radical (unpaired) electrons. The quantitative estimate of drug-likeness (QED) is 0.485. The Morgan fingerprint density at radius 1 is 0.966 bits per heavy atom. The maximum Gasteiger partial charge on any atom is 0.221 e. The zero-order valence-electron chi connectivity index (χ0n) is 15.7. The average molecular weight is 407 g/mol. The Hall–Kier alpha value is -3.60. The summed E-state index contributed by atoms with van der Waals surface area (Å²) in [4.78, 5) is 11.3. The van der Waals surface area contributed by atoms with Crippen LogP contribution in [0.5, 0.6) is 0 Å². The summed E-state index contributed by atoms with van der Waals surface area (Å²) in [7, 11) is 0. The number of carbonyl (C=O) groups excluding carboxylic acids is 1. The van der Waals surface area contributed by atoms with E-state index in [-0.39, 0.29) is 11.2 Å². The van der Waals surface area contributed by atoms with Crippen LogP contribution in [0.1, 0.15) is 24.9 Å². The number of para-hydroxylation sites is 1. The number of amides is 1. The molecule has 0 fully saturated rings. The summed E-state index contributed by atoms with van der Waals surface area (Å²) in [5.74, 6) is 0.539. The number of benzene rings is 2. The first-order valence-electron chi connectivity index (χ1n) is 8.78. The molecule has 1 atom stereocenters. The molecule has 11 heteroatoms. The van der Waals surface area contributed by atoms with Gasteiger partial charge in [-0.1, -0.05) is 36.0 Å². The number of aromatic nitrogens is 8. The van der Waals surface area contributed by atoms with Gasteiger partial charge in [-0.3, -0.25) is 4.79 Å². The Morgan fingerprint density at radius 2 is 1.69 bits per heavy atom. The number of anilines is 1. The summed E-state index contributed by atoms with van der Waals surface area (Å²) in [5, 5.41) is 27.3. The molecule has 0 saturated heterocycles. The second-order valence-electron chi connectivity index (χ2n) is 6.15. The summed E-state index contributed by atoms with van der Waals surface area (Å²) < 4.78 is 3.31. The highest BCUT2D eigenvalue weighted by molar-refractivity contribution is 7.99. The topological polar surface area (TPSA) is 116 Å². The molecule has 0 spiro atoms. The van der Waals surface area contributed by atoms with Gasteiger partial charge in [-0.2, -0.15) is 9.36 Å². The van der Waals surface area contributed by atoms with Gasteiger partial charge >= 0.3 is 0 Å². The smallest absolute Gasteiger partial charge is 0.221 e. The van der Waals surface area contributed by atoms with Gasteiger partial charge in [-0.25, -0.2) is 0 Å². The third kappa shape index (κ3) is 4.14. The third-order valence-corrected chi connectivity index (χ3v) is 5.02. The molecule has 2 heterocycles. The van der Waals surface area contributed by atoms with Crippen LogP contribution < -0.4 is 5.32 Å². The largest absolute Gasteiger partial charge is 0.326 e. The molecule has 0 aliphatic carbocycles. The van der Waals surface area contributed by atoms with Crippen molar-refractivity contribution < 1.29 is 4.79 Å². The van der Waals surface area contributed by atoms with Crippen molar-refractivity contribution in [2.24, 2.45) is 0 Å². The van der Waals surface area contributed by atoms with Gasteiger partial charge in [-0.05, 0) is 58.1 Å². The summed E-state index contributed by atoms with van der Waals surface area (Å²) in [6.45, 7) is 3.45. The first kappa shape index (κ1) is 18.7. The molecule has 0 aliphatic rings. The molecular formula is C18H17N9OS. The fraction of sp³-hybridized carbons (Fsp3) is 0.167. The number of hydrogen-bond acceptors (Lipinski definition) is 8. The summed E-state index contributed by atoms with van der Waals surface area (Å²) >= 11 is 1.43. The second-order valence-corrected chi connectivity index (χ2v) is 7.46. The van der Waals surface area contributed by atoms with Crippen LogP contribution in [0.25, 0.3) is 11.4 Å². The van der Waals surface area contributed by atoms with Crippen molar-refractivity contribution in [2.75, 3.05) is 5.32 Å². The Labute approximate surface area is 170 Å². The lowest BCUT2D eigenvalue weighted by Crippen LogP contribution is -2.08. The zero-order chi connectivity index (χ0) is 20.2. The molecule has 0 saturated carbocycles. The summed E-state index contributed by atoms with van der Waals surface area (Å²) in [5.41, 5.74) is 2.28. The molecule has 2 aromatic heterocycles. The molecule has 0 aliphatic heterocycles. The van der Waals surface area contributed by atoms with E-state index in [0.29, 0.717) is 16.7 Å². The molecule has 0 bridgehead atoms. The van der Waals surface area contributed by atoms with E-state index < -0.39 is 0 Å². The van der Waals surface area contributed by atoms with Crippen LogP contribution in [0.15, 0.2) is 59.8 Å². The predicted octanol–water partition coefficient (Wildman–Crippen LogP) is 2.45. The Kier molecular flexibility index (Phi) is 5.29. The fourth-order valence-electron chi connectivity index (χ4n) is 2.74. The van der Waals surface area contributed by atoms with Crippen molar-refractivity contribution in [1.29, 1.82) is 0 Å². The summed E-state index contributed by atoms with van der Waals surface area (Å²) in [6, 6.07) is 17.0. The van der Waals surface area contributed by atoms with E-state index in [9.17, 15) is 4.79 Å². The first-order valence-corrected chi connectivity index (χ1v) is 9.66. The maximum absolute atomic E-state index is 11.3. The Balaban J connectivity index is 1.59. The number of rotatable bonds is 6. The van der Waals surface area contributed by atoms with Gasteiger partial charge in [0.25, 0.3) is 0 Å². The number of nitrogens with zero attached hydrogens (tertiary/aromatic N) is 8. The lowest BCUT2D eigenvalue weighted by molar-refractivity contribution is -0.114. The fourth-order valence-corrected chi connectivity index (χ4v) is 3.64. The van der Waals surface area contributed by atoms with Crippen LogP contribution in [0, 0.1) is 0 Å². The standard InChI is InChI=1S/C18H17N9OS/c1-12(17-20-22-24-26(17)15-8-4-3-5-9-15)29-18-21-23-25-27(18)16-10-6-7-14(11-16)19-13(2)28/h3-12H,1-2H3,(H,19,28)/t12-/m0/s1. The van der Waals surface area contributed by atoms with Crippen LogP contribution in [0.3, 0.4) is 0 Å². The van der Waals surface area contributed by atoms with Crippen molar-refractivity contribution in [2.45, 2.75) is 24.3 Å².